The van der Waals surface area contributed by atoms with Gasteiger partial charge in [0, 0.05) is 23.1 Å². The Morgan fingerprint density at radius 2 is 1.68 bits per heavy atom. The lowest BCUT2D eigenvalue weighted by molar-refractivity contribution is -0.117. The first-order chi connectivity index (χ1) is 17.8. The maximum Gasteiger partial charge on any atom is 0.241 e. The number of nitrogens with one attached hydrogen (secondary N) is 1. The number of hydrogen-bond acceptors (Lipinski definition) is 9. The molecule has 1 unspecified atom stereocenters. The van der Waals surface area contributed by atoms with Gasteiger partial charge in [0.15, 0.2) is 17.5 Å². The fourth-order valence-electron chi connectivity index (χ4n) is 3.72. The molecule has 1 heterocycles. The van der Waals surface area contributed by atoms with Crippen LogP contribution in [-0.2, 0) is 4.79 Å². The molecule has 0 bridgehead atoms. The van der Waals surface area contributed by atoms with Gasteiger partial charge in [0.25, 0.3) is 0 Å². The molecular formula is C25H32N6O5S. The number of hydrogen-bond donors (Lipinski definition) is 4. The third-order valence-electron chi connectivity index (χ3n) is 5.58. The normalized spacial score (nSPS) is 11.4. The molecule has 11 nitrogen and oxygen atoms in total. The van der Waals surface area contributed by atoms with Crippen LogP contribution in [-0.4, -0.2) is 57.3 Å². The molecule has 0 saturated heterocycles. The Hall–Kier alpha value is -4.03. The Bertz CT molecular complexity index is 1230. The first kappa shape index (κ1) is 27.6. The van der Waals surface area contributed by atoms with E-state index in [-0.39, 0.29) is 11.9 Å². The summed E-state index contributed by atoms with van der Waals surface area (Å²) in [6.07, 6.45) is 0.993. The highest BCUT2D eigenvalue weighted by molar-refractivity contribution is 7.04. The molecule has 0 aliphatic carbocycles. The largest absolute Gasteiger partial charge is 0.495 e. The highest BCUT2D eigenvalue weighted by Crippen LogP contribution is 2.44. The summed E-state index contributed by atoms with van der Waals surface area (Å²) in [4.78, 5) is 16.7. The van der Waals surface area contributed by atoms with Crippen LogP contribution >= 0.6 is 11.5 Å². The van der Waals surface area contributed by atoms with Gasteiger partial charge < -0.3 is 41.5 Å². The van der Waals surface area contributed by atoms with E-state index in [1.807, 2.05) is 29.6 Å². The summed E-state index contributed by atoms with van der Waals surface area (Å²) in [5.41, 5.74) is 20.4. The van der Waals surface area contributed by atoms with Crippen LogP contribution < -0.4 is 41.5 Å². The van der Waals surface area contributed by atoms with Crippen molar-refractivity contribution >= 4 is 29.1 Å². The van der Waals surface area contributed by atoms with Gasteiger partial charge in [-0.05, 0) is 54.2 Å². The molecule has 1 atom stereocenters. The van der Waals surface area contributed by atoms with Crippen molar-refractivity contribution < 1.29 is 23.7 Å². The molecule has 0 aliphatic rings. The lowest BCUT2D eigenvalue weighted by atomic mass is 10.0. The molecule has 198 valence electrons. The predicted octanol–water partition coefficient (Wildman–Crippen LogP) is 2.83. The number of guanidine groups is 1. The fraction of sp³-hybridized carbons (Fsp3) is 0.320. The Morgan fingerprint density at radius 3 is 2.27 bits per heavy atom. The minimum Gasteiger partial charge on any atom is -0.495 e. The van der Waals surface area contributed by atoms with E-state index in [0.29, 0.717) is 48.1 Å². The molecule has 37 heavy (non-hydrogen) atoms. The number of amides is 1. The summed E-state index contributed by atoms with van der Waals surface area (Å²) in [6, 6.07) is 8.45. The van der Waals surface area contributed by atoms with Crippen molar-refractivity contribution in [2.45, 2.75) is 18.9 Å². The van der Waals surface area contributed by atoms with Crippen molar-refractivity contribution in [3.8, 4) is 45.4 Å². The van der Waals surface area contributed by atoms with Crippen LogP contribution in [0, 0.1) is 0 Å². The minimum atomic E-state index is -0.736. The van der Waals surface area contributed by atoms with Crippen molar-refractivity contribution in [3.05, 3.63) is 35.7 Å². The molecule has 1 aromatic heterocycles. The number of anilines is 1. The molecule has 3 rings (SSSR count). The second-order valence-electron chi connectivity index (χ2n) is 7.95. The van der Waals surface area contributed by atoms with Crippen LogP contribution in [0.3, 0.4) is 0 Å². The zero-order valence-corrected chi connectivity index (χ0v) is 22.1. The summed E-state index contributed by atoms with van der Waals surface area (Å²) in [5.74, 6) is 1.71. The van der Waals surface area contributed by atoms with E-state index in [0.717, 1.165) is 22.4 Å². The van der Waals surface area contributed by atoms with E-state index in [9.17, 15) is 4.79 Å². The number of carbonyl (C=O) groups excluding carboxylic acids is 1. The van der Waals surface area contributed by atoms with Crippen LogP contribution in [0.15, 0.2) is 40.7 Å². The first-order valence-electron chi connectivity index (χ1n) is 11.4. The summed E-state index contributed by atoms with van der Waals surface area (Å²) in [5, 5.41) is 4.81. The van der Waals surface area contributed by atoms with Crippen LogP contribution in [0.4, 0.5) is 5.69 Å². The molecule has 7 N–H and O–H groups in total. The number of nitrogens with zero attached hydrogens (tertiary/aromatic N) is 2. The van der Waals surface area contributed by atoms with Gasteiger partial charge in [-0.1, -0.05) is 6.07 Å². The number of rotatable bonds is 12. The number of aromatic nitrogens is 1. The maximum atomic E-state index is 12.8. The molecule has 0 saturated carbocycles. The SMILES string of the molecule is COc1ccc(-c2csnc2-c2cc(OC)c(OC)c(OC)c2)cc1NC(=O)C(N)CCCN=C(N)N. The molecule has 0 aliphatic heterocycles. The third kappa shape index (κ3) is 6.60. The van der Waals surface area contributed by atoms with E-state index in [4.69, 9.17) is 36.1 Å². The van der Waals surface area contributed by atoms with E-state index >= 15 is 0 Å². The molecule has 0 spiro atoms. The lowest BCUT2D eigenvalue weighted by Crippen LogP contribution is -2.35. The number of ether oxygens (including phenoxy) is 4. The van der Waals surface area contributed by atoms with Crippen molar-refractivity contribution in [1.29, 1.82) is 0 Å². The molecule has 0 radical (unpaired) electrons. The average molecular weight is 529 g/mol. The minimum absolute atomic E-state index is 0.00777. The highest BCUT2D eigenvalue weighted by Gasteiger charge is 2.20. The topological polar surface area (TPSA) is 169 Å². The average Bonchev–Trinajstić information content (AvgIpc) is 3.40. The second-order valence-corrected chi connectivity index (χ2v) is 8.58. The van der Waals surface area contributed by atoms with Gasteiger partial charge in [0.05, 0.1) is 45.9 Å². The Labute approximate surface area is 219 Å². The molecule has 0 fully saturated rings. The number of benzene rings is 2. The van der Waals surface area contributed by atoms with Crippen LogP contribution in [0.2, 0.25) is 0 Å². The zero-order chi connectivity index (χ0) is 26.9. The van der Waals surface area contributed by atoms with Crippen LogP contribution in [0.1, 0.15) is 12.8 Å². The zero-order valence-electron chi connectivity index (χ0n) is 21.2. The van der Waals surface area contributed by atoms with E-state index in [2.05, 4.69) is 14.7 Å². The highest BCUT2D eigenvalue weighted by atomic mass is 32.1. The smallest absolute Gasteiger partial charge is 0.241 e. The predicted molar refractivity (Wildman–Crippen MR) is 146 cm³/mol. The Balaban J connectivity index is 1.90. The summed E-state index contributed by atoms with van der Waals surface area (Å²) < 4.78 is 26.5. The van der Waals surface area contributed by atoms with E-state index in [1.54, 1.807) is 27.4 Å². The van der Waals surface area contributed by atoms with E-state index < -0.39 is 6.04 Å². The maximum absolute atomic E-state index is 12.8. The first-order valence-corrected chi connectivity index (χ1v) is 12.2. The van der Waals surface area contributed by atoms with Gasteiger partial charge in [-0.2, -0.15) is 4.37 Å². The molecule has 12 heteroatoms. The van der Waals surface area contributed by atoms with Crippen LogP contribution in [0.25, 0.3) is 22.4 Å². The number of carbonyl (C=O) groups is 1. The molecular weight excluding hydrogens is 496 g/mol. The number of methoxy groups -OCH3 is 4. The van der Waals surface area contributed by atoms with Gasteiger partial charge in [-0.25, -0.2) is 0 Å². The molecule has 1 amide bonds. The third-order valence-corrected chi connectivity index (χ3v) is 6.21. The Kier molecular flexibility index (Phi) is 9.52. The Morgan fingerprint density at radius 1 is 1.00 bits per heavy atom. The summed E-state index contributed by atoms with van der Waals surface area (Å²) in [7, 11) is 6.21. The van der Waals surface area contributed by atoms with Gasteiger partial charge in [0.2, 0.25) is 11.7 Å². The van der Waals surface area contributed by atoms with Gasteiger partial charge >= 0.3 is 0 Å². The second kappa shape index (κ2) is 12.8. The lowest BCUT2D eigenvalue weighted by Gasteiger charge is -2.16. The summed E-state index contributed by atoms with van der Waals surface area (Å²) >= 11 is 1.31. The molecule has 2 aromatic carbocycles. The fourth-order valence-corrected chi connectivity index (χ4v) is 4.43. The monoisotopic (exact) mass is 528 g/mol. The standard InChI is InChI=1S/C25H32N6O5S/c1-33-19-8-7-14(10-18(19)30-24(32)17(26)6-5-9-29-25(27)28)16-13-37-31-22(16)15-11-20(34-2)23(36-4)21(12-15)35-3/h7-8,10-13,17H,5-6,9,26H2,1-4H3,(H,30,32)(H4,27,28,29). The van der Waals surface area contributed by atoms with Gasteiger partial charge in [-0.3, -0.25) is 9.79 Å². The summed E-state index contributed by atoms with van der Waals surface area (Å²) in [6.45, 7) is 0.400. The number of nitrogens with two attached hydrogens (primary N) is 3. The van der Waals surface area contributed by atoms with E-state index in [1.165, 1.54) is 18.6 Å². The van der Waals surface area contributed by atoms with Crippen molar-refractivity contribution in [3.63, 3.8) is 0 Å². The van der Waals surface area contributed by atoms with Crippen molar-refractivity contribution in [2.24, 2.45) is 22.2 Å². The van der Waals surface area contributed by atoms with Crippen molar-refractivity contribution in [1.82, 2.24) is 4.37 Å². The quantitative estimate of drug-likeness (QED) is 0.157. The molecule has 3 aromatic rings. The van der Waals surface area contributed by atoms with Crippen LogP contribution in [0.5, 0.6) is 23.0 Å². The van der Waals surface area contributed by atoms with Gasteiger partial charge in [-0.15, -0.1) is 0 Å². The van der Waals surface area contributed by atoms with Crippen molar-refractivity contribution in [2.75, 3.05) is 40.3 Å². The number of aliphatic imine (C=N–C) groups is 1. The van der Waals surface area contributed by atoms with Gasteiger partial charge in [0.1, 0.15) is 5.75 Å².